The minimum Gasteiger partial charge on any atom is -0.489 e. The summed E-state index contributed by atoms with van der Waals surface area (Å²) in [6.07, 6.45) is 3.03. The lowest BCUT2D eigenvalue weighted by molar-refractivity contribution is -0.137. The van der Waals surface area contributed by atoms with Crippen molar-refractivity contribution in [2.45, 2.75) is 43.2 Å². The summed E-state index contributed by atoms with van der Waals surface area (Å²) >= 11 is 0. The summed E-state index contributed by atoms with van der Waals surface area (Å²) in [5.41, 5.74) is 1.54. The van der Waals surface area contributed by atoms with Crippen molar-refractivity contribution in [1.29, 1.82) is 0 Å². The number of rotatable bonds is 3. The molecule has 0 N–H and O–H groups in total. The molecule has 0 atom stereocenters. The third-order valence-electron chi connectivity index (χ3n) is 5.42. The van der Waals surface area contributed by atoms with Crippen LogP contribution < -0.4 is 9.04 Å². The third-order valence-corrected chi connectivity index (χ3v) is 7.23. The fraction of sp³-hybridized carbons (Fsp3) is 0.364. The Morgan fingerprint density at radius 3 is 2.50 bits per heavy atom. The molecule has 8 heteroatoms. The van der Waals surface area contributed by atoms with Crippen molar-refractivity contribution in [3.63, 3.8) is 0 Å². The molecule has 2 aromatic rings. The van der Waals surface area contributed by atoms with Crippen molar-refractivity contribution in [2.75, 3.05) is 17.5 Å². The normalized spacial score (nSPS) is 17.3. The van der Waals surface area contributed by atoms with Crippen LogP contribution in [0.3, 0.4) is 0 Å². The van der Waals surface area contributed by atoms with E-state index >= 15 is 0 Å². The number of hydrogen-bond donors (Lipinski definition) is 0. The first-order valence-electron chi connectivity index (χ1n) is 9.91. The molecule has 4 nitrogen and oxygen atoms in total. The fourth-order valence-electron chi connectivity index (χ4n) is 3.90. The van der Waals surface area contributed by atoms with Gasteiger partial charge in [0.15, 0.2) is 0 Å². The molecule has 2 aliphatic rings. The molecular weight excluding hydrogens is 415 g/mol. The number of fused-ring (bicyclic) bond motifs is 1. The van der Waals surface area contributed by atoms with Crippen molar-refractivity contribution in [3.8, 4) is 5.75 Å². The molecule has 1 saturated carbocycles. The highest BCUT2D eigenvalue weighted by molar-refractivity contribution is 7.92. The maximum atomic E-state index is 13.2. The van der Waals surface area contributed by atoms with Gasteiger partial charge in [-0.2, -0.15) is 13.2 Å². The van der Waals surface area contributed by atoms with Crippen molar-refractivity contribution >= 4 is 21.8 Å². The van der Waals surface area contributed by atoms with Gasteiger partial charge < -0.3 is 4.74 Å². The lowest BCUT2D eigenvalue weighted by Crippen LogP contribution is -2.38. The van der Waals surface area contributed by atoms with E-state index in [2.05, 4.69) is 6.08 Å². The largest absolute Gasteiger partial charge is 0.489 e. The number of alkyl halides is 3. The van der Waals surface area contributed by atoms with Crippen molar-refractivity contribution in [2.24, 2.45) is 0 Å². The second-order valence-corrected chi connectivity index (χ2v) is 9.40. The molecule has 0 unspecified atom stereocenters. The summed E-state index contributed by atoms with van der Waals surface area (Å²) in [5.74, 6) is 0.405. The van der Waals surface area contributed by atoms with Crippen LogP contribution in [0, 0.1) is 0 Å². The van der Waals surface area contributed by atoms with Gasteiger partial charge in [0.1, 0.15) is 12.4 Å². The van der Waals surface area contributed by atoms with E-state index in [9.17, 15) is 21.6 Å². The van der Waals surface area contributed by atoms with Crippen LogP contribution >= 0.6 is 0 Å². The Hall–Kier alpha value is -2.48. The summed E-state index contributed by atoms with van der Waals surface area (Å²) in [5, 5.41) is 0. The van der Waals surface area contributed by atoms with Gasteiger partial charge in [-0.3, -0.25) is 4.31 Å². The van der Waals surface area contributed by atoms with Gasteiger partial charge in [-0.25, -0.2) is 8.42 Å². The molecule has 0 spiro atoms. The van der Waals surface area contributed by atoms with Gasteiger partial charge in [0, 0.05) is 0 Å². The van der Waals surface area contributed by atoms with Crippen LogP contribution in [0.15, 0.2) is 52.9 Å². The molecule has 0 bridgehead atoms. The minimum absolute atomic E-state index is 0.0333. The quantitative estimate of drug-likeness (QED) is 0.624. The predicted octanol–water partition coefficient (Wildman–Crippen LogP) is 5.64. The van der Waals surface area contributed by atoms with E-state index in [1.54, 1.807) is 12.1 Å². The van der Waals surface area contributed by atoms with Crippen molar-refractivity contribution in [3.05, 3.63) is 59.2 Å². The first-order valence-corrected chi connectivity index (χ1v) is 11.4. The highest BCUT2D eigenvalue weighted by Crippen LogP contribution is 2.38. The van der Waals surface area contributed by atoms with Crippen molar-refractivity contribution < 1.29 is 26.3 Å². The zero-order valence-electron chi connectivity index (χ0n) is 16.3. The number of hydrogen-bond acceptors (Lipinski definition) is 3. The lowest BCUT2D eigenvalue weighted by atomic mass is 9.93. The lowest BCUT2D eigenvalue weighted by Gasteiger charge is -2.31. The van der Waals surface area contributed by atoms with E-state index in [0.29, 0.717) is 17.5 Å². The molecule has 1 aliphatic heterocycles. The Kier molecular flexibility index (Phi) is 5.53. The van der Waals surface area contributed by atoms with Crippen molar-refractivity contribution in [1.82, 2.24) is 0 Å². The molecule has 1 fully saturated rings. The summed E-state index contributed by atoms with van der Waals surface area (Å²) < 4.78 is 72.4. The highest BCUT2D eigenvalue weighted by atomic mass is 32.2. The van der Waals surface area contributed by atoms with Gasteiger partial charge in [0.05, 0.1) is 22.7 Å². The first kappa shape index (κ1) is 20.8. The van der Waals surface area contributed by atoms with Gasteiger partial charge in [-0.05, 0) is 61.6 Å². The van der Waals surface area contributed by atoms with E-state index in [-0.39, 0.29) is 18.0 Å². The maximum absolute atomic E-state index is 13.2. The van der Waals surface area contributed by atoms with Gasteiger partial charge in [0.2, 0.25) is 0 Å². The number of halogens is 3. The SMILES string of the molecule is O=S(=O)(c1cccc(C(F)(F)F)c1)N1CCOc2ccc(C=C3CCCCC3)cc21. The Labute approximate surface area is 174 Å². The number of sulfonamides is 1. The zero-order valence-corrected chi connectivity index (χ0v) is 17.1. The molecule has 4 rings (SSSR count). The minimum atomic E-state index is -4.62. The molecule has 0 amide bonds. The topological polar surface area (TPSA) is 46.6 Å². The number of benzene rings is 2. The van der Waals surface area contributed by atoms with Crippen LogP contribution in [-0.2, 0) is 16.2 Å². The molecule has 160 valence electrons. The molecular formula is C22H22F3NO3S. The van der Waals surface area contributed by atoms with E-state index in [0.717, 1.165) is 47.7 Å². The van der Waals surface area contributed by atoms with E-state index in [4.69, 9.17) is 4.74 Å². The van der Waals surface area contributed by atoms with Gasteiger partial charge in [0.25, 0.3) is 10.0 Å². The standard InChI is InChI=1S/C22H22F3NO3S/c23-22(24,25)18-7-4-8-19(15-18)30(27,28)26-11-12-29-21-10-9-17(14-20(21)26)13-16-5-2-1-3-6-16/h4,7-10,13-15H,1-3,5-6,11-12H2. The highest BCUT2D eigenvalue weighted by Gasteiger charge is 2.34. The van der Waals surface area contributed by atoms with Crippen LogP contribution in [0.1, 0.15) is 43.2 Å². The van der Waals surface area contributed by atoms with E-state index in [1.165, 1.54) is 18.1 Å². The zero-order chi connectivity index (χ0) is 21.4. The van der Waals surface area contributed by atoms with Gasteiger partial charge in [-0.15, -0.1) is 0 Å². The van der Waals surface area contributed by atoms with Crippen LogP contribution in [0.25, 0.3) is 6.08 Å². The number of nitrogens with zero attached hydrogens (tertiary/aromatic N) is 1. The predicted molar refractivity (Wildman–Crippen MR) is 109 cm³/mol. The summed E-state index contributed by atoms with van der Waals surface area (Å²) in [4.78, 5) is -0.388. The van der Waals surface area contributed by atoms with E-state index in [1.807, 2.05) is 6.07 Å². The Bertz CT molecular complexity index is 1070. The summed E-state index contributed by atoms with van der Waals surface area (Å²) in [6, 6.07) is 9.17. The number of allylic oxidation sites excluding steroid dienone is 1. The Balaban J connectivity index is 1.72. The number of ether oxygens (including phenoxy) is 1. The average molecular weight is 437 g/mol. The summed E-state index contributed by atoms with van der Waals surface area (Å²) in [6.45, 7) is 0.164. The Morgan fingerprint density at radius 2 is 1.77 bits per heavy atom. The monoisotopic (exact) mass is 437 g/mol. The maximum Gasteiger partial charge on any atom is 0.416 e. The van der Waals surface area contributed by atoms with Gasteiger partial charge >= 0.3 is 6.18 Å². The summed E-state index contributed by atoms with van der Waals surface area (Å²) in [7, 11) is -4.18. The molecule has 1 heterocycles. The van der Waals surface area contributed by atoms with E-state index < -0.39 is 21.8 Å². The fourth-order valence-corrected chi connectivity index (χ4v) is 5.39. The molecule has 1 aliphatic carbocycles. The van der Waals surface area contributed by atoms with Crippen LogP contribution in [-0.4, -0.2) is 21.6 Å². The molecule has 0 saturated heterocycles. The molecule has 2 aromatic carbocycles. The first-order chi connectivity index (χ1) is 14.2. The number of anilines is 1. The van der Waals surface area contributed by atoms with Crippen LogP contribution in [0.4, 0.5) is 18.9 Å². The Morgan fingerprint density at radius 1 is 1.00 bits per heavy atom. The second-order valence-electron chi connectivity index (χ2n) is 7.54. The molecule has 0 radical (unpaired) electrons. The van der Waals surface area contributed by atoms with Crippen LogP contribution in [0.2, 0.25) is 0 Å². The smallest absolute Gasteiger partial charge is 0.416 e. The van der Waals surface area contributed by atoms with Crippen LogP contribution in [0.5, 0.6) is 5.75 Å². The van der Waals surface area contributed by atoms with Gasteiger partial charge in [-0.1, -0.05) is 30.2 Å². The second kappa shape index (κ2) is 7.98. The third kappa shape index (κ3) is 4.19. The molecule has 0 aromatic heterocycles. The average Bonchev–Trinajstić information content (AvgIpc) is 2.73. The molecule has 30 heavy (non-hydrogen) atoms.